The molecule has 0 bridgehead atoms. The minimum absolute atomic E-state index is 0.0875. The first kappa shape index (κ1) is 59.7. The molecule has 0 heterocycles. The number of rotatable bonds is 48. The molecular weight excluding hydrogens is 782 g/mol. The van der Waals surface area contributed by atoms with E-state index < -0.39 is 13.9 Å². The average molecular weight is 883 g/mol. The van der Waals surface area contributed by atoms with Gasteiger partial charge in [0, 0.05) is 13.0 Å². The number of hydrogen-bond donors (Lipinski definition) is 1. The van der Waals surface area contributed by atoms with E-state index in [9.17, 15) is 14.3 Å². The maximum Gasteiger partial charge on any atom is 0.472 e. The molecule has 0 aliphatic carbocycles. The molecule has 0 rings (SSSR count). The van der Waals surface area contributed by atoms with E-state index >= 15 is 0 Å². The molecule has 0 aromatic rings. The largest absolute Gasteiger partial charge is 0.472 e. The number of phosphoric ester groups is 1. The number of likely N-dealkylation sites (N-methyl/N-ethyl adjacent to an activating group) is 1. The average Bonchev–Trinajstić information content (AvgIpc) is 3.22. The van der Waals surface area contributed by atoms with Gasteiger partial charge in [-0.2, -0.15) is 0 Å². The van der Waals surface area contributed by atoms with Gasteiger partial charge in [-0.15, -0.1) is 0 Å². The lowest BCUT2D eigenvalue weighted by Crippen LogP contribution is -2.37. The van der Waals surface area contributed by atoms with Crippen molar-refractivity contribution in [3.63, 3.8) is 0 Å². The summed E-state index contributed by atoms with van der Waals surface area (Å²) in [6.07, 6.45) is 54.7. The second-order valence-corrected chi connectivity index (χ2v) is 20.0. The van der Waals surface area contributed by atoms with Crippen molar-refractivity contribution in [3.05, 3.63) is 36.5 Å². The fourth-order valence-electron chi connectivity index (χ4n) is 7.17. The van der Waals surface area contributed by atoms with E-state index in [-0.39, 0.29) is 25.8 Å². The standard InChI is InChI=1S/C52H100NO7P/c1-6-8-10-12-14-16-18-20-22-24-25-26-27-28-29-30-31-33-35-37-39-41-43-45-52(54)60-51(50-59-61(55,56)58-48-46-53(3,4)5)49-57-47-44-42-40-38-36-34-32-23-21-19-17-15-13-11-9-7-2/h18,20-21,23-25,51H,6-17,19,22,26-50H2,1-5H3/p+1/b20-18-,23-21-,25-24-. The fraction of sp³-hybridized carbons (Fsp3) is 0.865. The number of allylic oxidation sites excluding steroid dienone is 6. The van der Waals surface area contributed by atoms with E-state index in [1.165, 1.54) is 173 Å². The topological polar surface area (TPSA) is 91.3 Å². The molecule has 0 aliphatic rings. The molecule has 0 amide bonds. The van der Waals surface area contributed by atoms with Crippen molar-refractivity contribution in [1.82, 2.24) is 0 Å². The first-order chi connectivity index (χ1) is 29.6. The van der Waals surface area contributed by atoms with Crippen molar-refractivity contribution in [2.75, 3.05) is 54.1 Å². The molecule has 9 heteroatoms. The zero-order valence-corrected chi connectivity index (χ0v) is 41.8. The highest BCUT2D eigenvalue weighted by atomic mass is 31.2. The van der Waals surface area contributed by atoms with Crippen LogP contribution in [0.15, 0.2) is 36.5 Å². The molecule has 360 valence electrons. The number of nitrogens with zero attached hydrogens (tertiary/aromatic N) is 1. The Balaban J connectivity index is 4.13. The second kappa shape index (κ2) is 45.3. The van der Waals surface area contributed by atoms with Crippen molar-refractivity contribution >= 4 is 13.8 Å². The van der Waals surface area contributed by atoms with Crippen LogP contribution in [0, 0.1) is 0 Å². The molecular formula is C52H101NO7P+. The lowest BCUT2D eigenvalue weighted by molar-refractivity contribution is -0.870. The number of phosphoric acid groups is 1. The van der Waals surface area contributed by atoms with Crippen molar-refractivity contribution in [2.24, 2.45) is 0 Å². The Morgan fingerprint density at radius 1 is 0.508 bits per heavy atom. The Bertz CT molecular complexity index is 1070. The quantitative estimate of drug-likeness (QED) is 0.0214. The normalized spacial score (nSPS) is 13.9. The monoisotopic (exact) mass is 883 g/mol. The van der Waals surface area contributed by atoms with Crippen molar-refractivity contribution in [1.29, 1.82) is 0 Å². The van der Waals surface area contributed by atoms with Gasteiger partial charge in [0.15, 0.2) is 0 Å². The molecule has 2 atom stereocenters. The maximum absolute atomic E-state index is 12.8. The Kier molecular flexibility index (Phi) is 44.3. The molecule has 0 aromatic heterocycles. The van der Waals surface area contributed by atoms with Gasteiger partial charge in [-0.05, 0) is 70.6 Å². The third kappa shape index (κ3) is 49.6. The smallest absolute Gasteiger partial charge is 0.457 e. The molecule has 0 aromatic carbocycles. The van der Waals surface area contributed by atoms with Gasteiger partial charge < -0.3 is 18.9 Å². The Morgan fingerprint density at radius 3 is 1.34 bits per heavy atom. The van der Waals surface area contributed by atoms with Crippen molar-refractivity contribution in [3.8, 4) is 0 Å². The van der Waals surface area contributed by atoms with E-state index in [2.05, 4.69) is 50.3 Å². The van der Waals surface area contributed by atoms with Gasteiger partial charge in [0.25, 0.3) is 0 Å². The van der Waals surface area contributed by atoms with Gasteiger partial charge in [-0.3, -0.25) is 13.8 Å². The highest BCUT2D eigenvalue weighted by molar-refractivity contribution is 7.47. The van der Waals surface area contributed by atoms with Crippen LogP contribution < -0.4 is 0 Å². The van der Waals surface area contributed by atoms with Crippen LogP contribution in [0.3, 0.4) is 0 Å². The van der Waals surface area contributed by atoms with Gasteiger partial charge in [0.05, 0.1) is 34.4 Å². The Morgan fingerprint density at radius 2 is 0.902 bits per heavy atom. The third-order valence-electron chi connectivity index (χ3n) is 11.2. The van der Waals surface area contributed by atoms with Crippen LogP contribution in [0.1, 0.15) is 232 Å². The number of esters is 1. The molecule has 61 heavy (non-hydrogen) atoms. The predicted octanol–water partition coefficient (Wildman–Crippen LogP) is 15.7. The summed E-state index contributed by atoms with van der Waals surface area (Å²) in [6, 6.07) is 0. The number of ether oxygens (including phenoxy) is 2. The van der Waals surface area contributed by atoms with Gasteiger partial charge in [0.2, 0.25) is 0 Å². The van der Waals surface area contributed by atoms with E-state index in [0.717, 1.165) is 38.5 Å². The molecule has 0 saturated carbocycles. The summed E-state index contributed by atoms with van der Waals surface area (Å²) in [5.74, 6) is -0.316. The van der Waals surface area contributed by atoms with Gasteiger partial charge in [-0.25, -0.2) is 4.57 Å². The second-order valence-electron chi connectivity index (χ2n) is 18.5. The van der Waals surface area contributed by atoms with Crippen molar-refractivity contribution < 1.29 is 37.3 Å². The van der Waals surface area contributed by atoms with E-state index in [4.69, 9.17) is 18.5 Å². The molecule has 0 aliphatic heterocycles. The summed E-state index contributed by atoms with van der Waals surface area (Å²) in [6.45, 7) is 5.62. The van der Waals surface area contributed by atoms with Crippen LogP contribution in [0.5, 0.6) is 0 Å². The van der Waals surface area contributed by atoms with Crippen molar-refractivity contribution in [2.45, 2.75) is 238 Å². The summed E-state index contributed by atoms with van der Waals surface area (Å²) in [7, 11) is 1.67. The van der Waals surface area contributed by atoms with Gasteiger partial charge in [0.1, 0.15) is 19.3 Å². The molecule has 0 spiro atoms. The van der Waals surface area contributed by atoms with Crippen LogP contribution in [0.2, 0.25) is 0 Å². The predicted molar refractivity (Wildman–Crippen MR) is 261 cm³/mol. The number of quaternary nitrogens is 1. The maximum atomic E-state index is 12.8. The molecule has 0 radical (unpaired) electrons. The Hall–Kier alpha value is -1.28. The molecule has 1 N–H and O–H groups in total. The number of carbonyl (C=O) groups excluding carboxylic acids is 1. The van der Waals surface area contributed by atoms with Gasteiger partial charge in [-0.1, -0.05) is 192 Å². The lowest BCUT2D eigenvalue weighted by Gasteiger charge is -2.24. The van der Waals surface area contributed by atoms with E-state index in [1.54, 1.807) is 0 Å². The number of unbranched alkanes of at least 4 members (excludes halogenated alkanes) is 28. The zero-order chi connectivity index (χ0) is 44.8. The van der Waals surface area contributed by atoms with E-state index in [0.29, 0.717) is 24.1 Å². The van der Waals surface area contributed by atoms with Crippen LogP contribution in [0.25, 0.3) is 0 Å². The Labute approximate surface area is 378 Å². The molecule has 0 fully saturated rings. The minimum atomic E-state index is -4.28. The number of carbonyl (C=O) groups is 1. The summed E-state index contributed by atoms with van der Waals surface area (Å²) >= 11 is 0. The highest BCUT2D eigenvalue weighted by Gasteiger charge is 2.26. The SMILES string of the molecule is CCCCCCC/C=C\C/C=C\CCCCCCCCCCCCCC(=O)OC(COCCCCCCCC/C=C\CCCCCCCC)COP(=O)(O)OCC[N+](C)(C)C. The van der Waals surface area contributed by atoms with E-state index in [1.807, 2.05) is 21.1 Å². The highest BCUT2D eigenvalue weighted by Crippen LogP contribution is 2.43. The summed E-state index contributed by atoms with van der Waals surface area (Å²) < 4.78 is 35.1. The molecule has 0 saturated heterocycles. The lowest BCUT2D eigenvalue weighted by atomic mass is 10.0. The molecule has 8 nitrogen and oxygen atoms in total. The van der Waals surface area contributed by atoms with Crippen LogP contribution in [0.4, 0.5) is 0 Å². The first-order valence-corrected chi connectivity index (χ1v) is 27.2. The third-order valence-corrected chi connectivity index (χ3v) is 12.2. The summed E-state index contributed by atoms with van der Waals surface area (Å²) in [5, 5.41) is 0. The summed E-state index contributed by atoms with van der Waals surface area (Å²) in [4.78, 5) is 23.0. The molecule has 2 unspecified atom stereocenters. The summed E-state index contributed by atoms with van der Waals surface area (Å²) in [5.41, 5.74) is 0. The van der Waals surface area contributed by atoms with Crippen LogP contribution in [-0.4, -0.2) is 75.6 Å². The van der Waals surface area contributed by atoms with Crippen LogP contribution >= 0.6 is 7.82 Å². The first-order valence-electron chi connectivity index (χ1n) is 25.7. The number of hydrogen-bond acceptors (Lipinski definition) is 6. The van der Waals surface area contributed by atoms with Crippen LogP contribution in [-0.2, 0) is 27.9 Å². The minimum Gasteiger partial charge on any atom is -0.457 e. The zero-order valence-electron chi connectivity index (χ0n) is 40.9. The van der Waals surface area contributed by atoms with Gasteiger partial charge >= 0.3 is 13.8 Å². The fourth-order valence-corrected chi connectivity index (χ4v) is 7.91.